The molecular formula is C16H24FNO3. The fourth-order valence-electron chi connectivity index (χ4n) is 2.50. The monoisotopic (exact) mass is 297 g/mol. The standard InChI is InChI=1S/C16H24FNO3/c1-19-7-8-21-10-9-20-6-5-16(12-18-13-16)14-3-2-4-15(17)11-14/h2-4,11,18H,5-10,12-13H2,1H3. The fourth-order valence-corrected chi connectivity index (χ4v) is 2.50. The summed E-state index contributed by atoms with van der Waals surface area (Å²) < 4.78 is 29.2. The molecular weight excluding hydrogens is 273 g/mol. The van der Waals surface area contributed by atoms with E-state index in [9.17, 15) is 4.39 Å². The Morgan fingerprint density at radius 1 is 1.10 bits per heavy atom. The fraction of sp³-hybridized carbons (Fsp3) is 0.625. The highest BCUT2D eigenvalue weighted by atomic mass is 19.1. The van der Waals surface area contributed by atoms with Crippen LogP contribution in [0.2, 0.25) is 0 Å². The number of halogens is 1. The average Bonchev–Trinajstić information content (AvgIpc) is 2.44. The predicted octanol–water partition coefficient (Wildman–Crippen LogP) is 1.74. The lowest BCUT2D eigenvalue weighted by atomic mass is 9.73. The molecule has 0 atom stereocenters. The summed E-state index contributed by atoms with van der Waals surface area (Å²) in [6, 6.07) is 6.89. The van der Waals surface area contributed by atoms with Gasteiger partial charge in [-0.05, 0) is 24.1 Å². The molecule has 5 heteroatoms. The molecule has 1 aromatic rings. The van der Waals surface area contributed by atoms with E-state index in [2.05, 4.69) is 5.32 Å². The van der Waals surface area contributed by atoms with E-state index in [0.717, 1.165) is 25.1 Å². The first-order valence-corrected chi connectivity index (χ1v) is 7.38. The van der Waals surface area contributed by atoms with Gasteiger partial charge in [0, 0.05) is 32.2 Å². The number of rotatable bonds is 10. The van der Waals surface area contributed by atoms with Gasteiger partial charge in [0.1, 0.15) is 5.82 Å². The van der Waals surface area contributed by atoms with Gasteiger partial charge >= 0.3 is 0 Å². The van der Waals surface area contributed by atoms with Crippen LogP contribution in [0.25, 0.3) is 0 Å². The van der Waals surface area contributed by atoms with E-state index in [1.165, 1.54) is 6.07 Å². The first-order chi connectivity index (χ1) is 10.3. The molecule has 0 radical (unpaired) electrons. The minimum Gasteiger partial charge on any atom is -0.382 e. The van der Waals surface area contributed by atoms with Gasteiger partial charge in [0.25, 0.3) is 0 Å². The van der Waals surface area contributed by atoms with Crippen LogP contribution >= 0.6 is 0 Å². The van der Waals surface area contributed by atoms with Crippen LogP contribution in [-0.2, 0) is 19.6 Å². The largest absolute Gasteiger partial charge is 0.382 e. The molecule has 0 amide bonds. The summed E-state index contributed by atoms with van der Waals surface area (Å²) in [7, 11) is 1.65. The van der Waals surface area contributed by atoms with Crippen molar-refractivity contribution in [1.82, 2.24) is 5.32 Å². The number of benzene rings is 1. The number of ether oxygens (including phenoxy) is 3. The third-order valence-corrected chi connectivity index (χ3v) is 3.89. The maximum absolute atomic E-state index is 13.4. The van der Waals surface area contributed by atoms with Crippen LogP contribution in [0, 0.1) is 5.82 Å². The minimum absolute atomic E-state index is 0.0129. The van der Waals surface area contributed by atoms with Crippen LogP contribution in [0.15, 0.2) is 24.3 Å². The maximum atomic E-state index is 13.4. The van der Waals surface area contributed by atoms with E-state index < -0.39 is 0 Å². The topological polar surface area (TPSA) is 39.7 Å². The zero-order valence-corrected chi connectivity index (χ0v) is 12.6. The summed E-state index contributed by atoms with van der Waals surface area (Å²) in [5, 5.41) is 3.28. The first kappa shape index (κ1) is 16.4. The highest BCUT2D eigenvalue weighted by Crippen LogP contribution is 2.32. The van der Waals surface area contributed by atoms with Crippen LogP contribution < -0.4 is 5.32 Å². The lowest BCUT2D eigenvalue weighted by Crippen LogP contribution is -2.57. The number of methoxy groups -OCH3 is 1. The molecule has 118 valence electrons. The van der Waals surface area contributed by atoms with Crippen LogP contribution in [0.1, 0.15) is 12.0 Å². The van der Waals surface area contributed by atoms with Gasteiger partial charge in [-0.2, -0.15) is 0 Å². The van der Waals surface area contributed by atoms with Crippen molar-refractivity contribution in [1.29, 1.82) is 0 Å². The normalized spacial score (nSPS) is 16.7. The maximum Gasteiger partial charge on any atom is 0.123 e. The van der Waals surface area contributed by atoms with E-state index in [1.807, 2.05) is 6.07 Å². The predicted molar refractivity (Wildman–Crippen MR) is 79.1 cm³/mol. The van der Waals surface area contributed by atoms with Crippen LogP contribution in [-0.4, -0.2) is 53.2 Å². The summed E-state index contributed by atoms with van der Waals surface area (Å²) in [5.74, 6) is -0.175. The molecule has 0 aromatic heterocycles. The van der Waals surface area contributed by atoms with Crippen LogP contribution in [0.5, 0.6) is 0 Å². The van der Waals surface area contributed by atoms with Crippen molar-refractivity contribution in [2.24, 2.45) is 0 Å². The molecule has 21 heavy (non-hydrogen) atoms. The molecule has 0 aliphatic carbocycles. The molecule has 0 spiro atoms. The van der Waals surface area contributed by atoms with Crippen molar-refractivity contribution in [3.05, 3.63) is 35.6 Å². The highest BCUT2D eigenvalue weighted by Gasteiger charge is 2.38. The summed E-state index contributed by atoms with van der Waals surface area (Å²) in [6.45, 7) is 4.77. The Balaban J connectivity index is 1.68. The van der Waals surface area contributed by atoms with Crippen LogP contribution in [0.4, 0.5) is 4.39 Å². The van der Waals surface area contributed by atoms with Crippen molar-refractivity contribution < 1.29 is 18.6 Å². The zero-order chi connectivity index (χ0) is 15.0. The highest BCUT2D eigenvalue weighted by molar-refractivity contribution is 5.30. The molecule has 0 unspecified atom stereocenters. The van der Waals surface area contributed by atoms with Gasteiger partial charge in [-0.15, -0.1) is 0 Å². The second kappa shape index (κ2) is 8.44. The lowest BCUT2D eigenvalue weighted by molar-refractivity contribution is 0.0182. The second-order valence-electron chi connectivity index (χ2n) is 5.36. The van der Waals surface area contributed by atoms with E-state index >= 15 is 0 Å². The zero-order valence-electron chi connectivity index (χ0n) is 12.6. The minimum atomic E-state index is -0.175. The molecule has 1 saturated heterocycles. The molecule has 1 aliphatic rings. The number of hydrogen-bond acceptors (Lipinski definition) is 4. The Labute approximate surface area is 125 Å². The van der Waals surface area contributed by atoms with E-state index in [0.29, 0.717) is 33.0 Å². The van der Waals surface area contributed by atoms with Gasteiger partial charge in [0.15, 0.2) is 0 Å². The Kier molecular flexibility index (Phi) is 6.57. The average molecular weight is 297 g/mol. The molecule has 1 aliphatic heterocycles. The molecule has 4 nitrogen and oxygen atoms in total. The molecule has 1 heterocycles. The lowest BCUT2D eigenvalue weighted by Gasteiger charge is -2.43. The second-order valence-corrected chi connectivity index (χ2v) is 5.36. The van der Waals surface area contributed by atoms with Crippen molar-refractivity contribution >= 4 is 0 Å². The van der Waals surface area contributed by atoms with Crippen LogP contribution in [0.3, 0.4) is 0 Å². The summed E-state index contributed by atoms with van der Waals surface area (Å²) >= 11 is 0. The summed E-state index contributed by atoms with van der Waals surface area (Å²) in [4.78, 5) is 0. The molecule has 1 N–H and O–H groups in total. The van der Waals surface area contributed by atoms with Crippen molar-refractivity contribution in [2.45, 2.75) is 11.8 Å². The molecule has 1 fully saturated rings. The quantitative estimate of drug-likeness (QED) is 0.668. The first-order valence-electron chi connectivity index (χ1n) is 7.38. The van der Waals surface area contributed by atoms with E-state index in [1.54, 1.807) is 19.2 Å². The molecule has 0 bridgehead atoms. The number of hydrogen-bond donors (Lipinski definition) is 1. The van der Waals surface area contributed by atoms with Gasteiger partial charge in [-0.3, -0.25) is 0 Å². The van der Waals surface area contributed by atoms with E-state index in [4.69, 9.17) is 14.2 Å². The Bertz CT molecular complexity index is 424. The van der Waals surface area contributed by atoms with Crippen molar-refractivity contribution in [3.63, 3.8) is 0 Å². The number of nitrogens with one attached hydrogen (secondary N) is 1. The van der Waals surface area contributed by atoms with Gasteiger partial charge in [0.2, 0.25) is 0 Å². The summed E-state index contributed by atoms with van der Waals surface area (Å²) in [6.07, 6.45) is 0.890. The smallest absolute Gasteiger partial charge is 0.123 e. The van der Waals surface area contributed by atoms with Gasteiger partial charge < -0.3 is 19.5 Å². The SMILES string of the molecule is COCCOCCOCCC1(c2cccc(F)c2)CNC1. The van der Waals surface area contributed by atoms with Crippen molar-refractivity contribution in [2.75, 3.05) is 53.2 Å². The third-order valence-electron chi connectivity index (χ3n) is 3.89. The van der Waals surface area contributed by atoms with Gasteiger partial charge in [-0.1, -0.05) is 12.1 Å². The Hall–Kier alpha value is -1.01. The summed E-state index contributed by atoms with van der Waals surface area (Å²) in [5.41, 5.74) is 1.07. The Morgan fingerprint density at radius 2 is 1.81 bits per heavy atom. The molecule has 0 saturated carbocycles. The van der Waals surface area contributed by atoms with Gasteiger partial charge in [-0.25, -0.2) is 4.39 Å². The van der Waals surface area contributed by atoms with Crippen molar-refractivity contribution in [3.8, 4) is 0 Å². The van der Waals surface area contributed by atoms with E-state index in [-0.39, 0.29) is 11.2 Å². The van der Waals surface area contributed by atoms with Gasteiger partial charge in [0.05, 0.1) is 26.4 Å². The Morgan fingerprint density at radius 3 is 2.43 bits per heavy atom. The molecule has 1 aromatic carbocycles. The molecule has 2 rings (SSSR count). The third kappa shape index (κ3) is 4.74.